The lowest BCUT2D eigenvalue weighted by Gasteiger charge is -2.16. The molecular formula is C10H11F2NO2. The first kappa shape index (κ1) is 10.3. The summed E-state index contributed by atoms with van der Waals surface area (Å²) >= 11 is 0. The normalized spacial score (nSPS) is 25.5. The molecule has 3 nitrogen and oxygen atoms in total. The number of hydrogen-bond acceptors (Lipinski definition) is 3. The number of hydrogen-bond donors (Lipinski definition) is 2. The third-order valence-corrected chi connectivity index (χ3v) is 2.32. The van der Waals surface area contributed by atoms with Crippen LogP contribution in [0.5, 0.6) is 0 Å². The van der Waals surface area contributed by atoms with Crippen LogP contribution >= 0.6 is 0 Å². The fraction of sp³-hybridized carbons (Fsp3) is 0.400. The molecule has 0 spiro atoms. The van der Waals surface area contributed by atoms with Crippen LogP contribution in [0.3, 0.4) is 0 Å². The van der Waals surface area contributed by atoms with E-state index in [-0.39, 0.29) is 18.3 Å². The molecule has 1 heterocycles. The molecule has 1 fully saturated rings. The smallest absolute Gasteiger partial charge is 0.149 e. The van der Waals surface area contributed by atoms with Crippen molar-refractivity contribution in [3.63, 3.8) is 0 Å². The Morgan fingerprint density at radius 1 is 1.33 bits per heavy atom. The first-order valence-electron chi connectivity index (χ1n) is 4.64. The van der Waals surface area contributed by atoms with Crippen molar-refractivity contribution in [2.24, 2.45) is 0 Å². The van der Waals surface area contributed by atoms with Gasteiger partial charge in [0.05, 0.1) is 31.0 Å². The first-order chi connectivity index (χ1) is 7.16. The van der Waals surface area contributed by atoms with Crippen molar-refractivity contribution in [3.8, 4) is 0 Å². The van der Waals surface area contributed by atoms with Crippen molar-refractivity contribution >= 4 is 5.69 Å². The number of rotatable bonds is 2. The molecule has 1 aliphatic heterocycles. The number of nitrogens with one attached hydrogen (secondary N) is 1. The molecule has 1 aliphatic rings. The van der Waals surface area contributed by atoms with Crippen LogP contribution in [0.1, 0.15) is 0 Å². The standard InChI is InChI=1S/C10H11F2NO2/c11-6-1-2-8(7(12)3-6)13-9-4-15-5-10(9)14/h1-3,9-10,13-14H,4-5H2/t9-,10-/m1/s1. The zero-order valence-corrected chi connectivity index (χ0v) is 7.91. The summed E-state index contributed by atoms with van der Waals surface area (Å²) in [5.41, 5.74) is 0.172. The first-order valence-corrected chi connectivity index (χ1v) is 4.64. The van der Waals surface area contributed by atoms with Gasteiger partial charge in [0.2, 0.25) is 0 Å². The van der Waals surface area contributed by atoms with Gasteiger partial charge in [-0.05, 0) is 12.1 Å². The van der Waals surface area contributed by atoms with Gasteiger partial charge in [-0.25, -0.2) is 8.78 Å². The minimum atomic E-state index is -0.672. The third kappa shape index (κ3) is 2.24. The van der Waals surface area contributed by atoms with Gasteiger partial charge in [-0.1, -0.05) is 0 Å². The van der Waals surface area contributed by atoms with Crippen LogP contribution in [0.15, 0.2) is 18.2 Å². The lowest BCUT2D eigenvalue weighted by Crippen LogP contribution is -2.32. The third-order valence-electron chi connectivity index (χ3n) is 2.32. The molecule has 5 heteroatoms. The van der Waals surface area contributed by atoms with Gasteiger partial charge in [-0.2, -0.15) is 0 Å². The Morgan fingerprint density at radius 2 is 2.13 bits per heavy atom. The highest BCUT2D eigenvalue weighted by molar-refractivity contribution is 5.46. The van der Waals surface area contributed by atoms with Crippen LogP contribution in [-0.2, 0) is 4.74 Å². The molecule has 1 aromatic rings. The summed E-state index contributed by atoms with van der Waals surface area (Å²) < 4.78 is 30.8. The second kappa shape index (κ2) is 4.12. The van der Waals surface area contributed by atoms with E-state index in [1.54, 1.807) is 0 Å². The average Bonchev–Trinajstić information content (AvgIpc) is 2.57. The molecule has 0 unspecified atom stereocenters. The van der Waals surface area contributed by atoms with E-state index in [1.807, 2.05) is 0 Å². The summed E-state index contributed by atoms with van der Waals surface area (Å²) in [6.07, 6.45) is -0.658. The van der Waals surface area contributed by atoms with E-state index >= 15 is 0 Å². The Labute approximate surface area is 85.7 Å². The van der Waals surface area contributed by atoms with E-state index in [4.69, 9.17) is 4.74 Å². The largest absolute Gasteiger partial charge is 0.388 e. The molecule has 2 rings (SSSR count). The number of halogens is 2. The summed E-state index contributed by atoms with van der Waals surface area (Å²) in [6.45, 7) is 0.554. The summed E-state index contributed by atoms with van der Waals surface area (Å²) in [5, 5.41) is 12.2. The molecule has 0 aliphatic carbocycles. The molecule has 1 saturated heterocycles. The van der Waals surface area contributed by atoms with Gasteiger partial charge in [-0.15, -0.1) is 0 Å². The summed E-state index contributed by atoms with van der Waals surface area (Å²) in [6, 6.07) is 2.92. The van der Waals surface area contributed by atoms with Crippen molar-refractivity contribution in [1.82, 2.24) is 0 Å². The quantitative estimate of drug-likeness (QED) is 0.777. The Balaban J connectivity index is 2.10. The van der Waals surface area contributed by atoms with Crippen molar-refractivity contribution in [3.05, 3.63) is 29.8 Å². The van der Waals surface area contributed by atoms with Gasteiger partial charge < -0.3 is 15.2 Å². The Bertz CT molecular complexity index is 359. The molecule has 0 aromatic heterocycles. The minimum absolute atomic E-state index is 0.172. The zero-order valence-electron chi connectivity index (χ0n) is 7.91. The van der Waals surface area contributed by atoms with Crippen LogP contribution in [0.4, 0.5) is 14.5 Å². The molecule has 0 saturated carbocycles. The van der Waals surface area contributed by atoms with E-state index in [0.29, 0.717) is 6.61 Å². The predicted molar refractivity (Wildman–Crippen MR) is 50.6 cm³/mol. The minimum Gasteiger partial charge on any atom is -0.388 e. The maximum atomic E-state index is 13.2. The fourth-order valence-electron chi connectivity index (χ4n) is 1.49. The van der Waals surface area contributed by atoms with Crippen molar-refractivity contribution < 1.29 is 18.6 Å². The zero-order chi connectivity index (χ0) is 10.8. The van der Waals surface area contributed by atoms with E-state index < -0.39 is 17.7 Å². The van der Waals surface area contributed by atoms with Gasteiger partial charge in [-0.3, -0.25) is 0 Å². The van der Waals surface area contributed by atoms with Crippen LogP contribution in [0, 0.1) is 11.6 Å². The molecule has 0 radical (unpaired) electrons. The number of aliphatic hydroxyl groups excluding tert-OH is 1. The van der Waals surface area contributed by atoms with Crippen LogP contribution in [0.25, 0.3) is 0 Å². The molecule has 15 heavy (non-hydrogen) atoms. The highest BCUT2D eigenvalue weighted by Gasteiger charge is 2.26. The SMILES string of the molecule is O[C@@H]1COC[C@H]1Nc1ccc(F)cc1F. The van der Waals surface area contributed by atoms with E-state index in [0.717, 1.165) is 12.1 Å². The lowest BCUT2D eigenvalue weighted by atomic mass is 10.2. The highest BCUT2D eigenvalue weighted by Crippen LogP contribution is 2.18. The molecule has 0 bridgehead atoms. The maximum Gasteiger partial charge on any atom is 0.149 e. The van der Waals surface area contributed by atoms with Gasteiger partial charge in [0, 0.05) is 6.07 Å². The molecule has 82 valence electrons. The summed E-state index contributed by atoms with van der Waals surface area (Å²) in [4.78, 5) is 0. The van der Waals surface area contributed by atoms with Gasteiger partial charge >= 0.3 is 0 Å². The van der Waals surface area contributed by atoms with Gasteiger partial charge in [0.1, 0.15) is 11.6 Å². The monoisotopic (exact) mass is 215 g/mol. The van der Waals surface area contributed by atoms with Crippen molar-refractivity contribution in [2.45, 2.75) is 12.1 Å². The van der Waals surface area contributed by atoms with E-state index in [1.165, 1.54) is 6.07 Å². The van der Waals surface area contributed by atoms with Crippen LogP contribution in [-0.4, -0.2) is 30.5 Å². The number of anilines is 1. The van der Waals surface area contributed by atoms with Gasteiger partial charge in [0.15, 0.2) is 0 Å². The predicted octanol–water partition coefficient (Wildman–Crippen LogP) is 1.14. The van der Waals surface area contributed by atoms with E-state index in [9.17, 15) is 13.9 Å². The summed E-state index contributed by atoms with van der Waals surface area (Å²) in [7, 11) is 0. The van der Waals surface area contributed by atoms with Crippen molar-refractivity contribution in [2.75, 3.05) is 18.5 Å². The Morgan fingerprint density at radius 3 is 2.73 bits per heavy atom. The second-order valence-corrected chi connectivity index (χ2v) is 3.48. The molecule has 1 aromatic carbocycles. The Hall–Kier alpha value is -1.20. The van der Waals surface area contributed by atoms with E-state index in [2.05, 4.69) is 5.32 Å². The number of benzene rings is 1. The number of ether oxygens (including phenoxy) is 1. The molecular weight excluding hydrogens is 204 g/mol. The Kier molecular flexibility index (Phi) is 2.83. The molecule has 2 atom stereocenters. The maximum absolute atomic E-state index is 13.2. The summed E-state index contributed by atoms with van der Waals surface area (Å²) in [5.74, 6) is -1.30. The second-order valence-electron chi connectivity index (χ2n) is 3.48. The highest BCUT2D eigenvalue weighted by atomic mass is 19.1. The van der Waals surface area contributed by atoms with Gasteiger partial charge in [0.25, 0.3) is 0 Å². The average molecular weight is 215 g/mol. The molecule has 0 amide bonds. The lowest BCUT2D eigenvalue weighted by molar-refractivity contribution is 0.125. The fourth-order valence-corrected chi connectivity index (χ4v) is 1.49. The van der Waals surface area contributed by atoms with Crippen molar-refractivity contribution in [1.29, 1.82) is 0 Å². The number of aliphatic hydroxyl groups is 1. The molecule has 2 N–H and O–H groups in total. The van der Waals surface area contributed by atoms with Crippen LogP contribution < -0.4 is 5.32 Å². The topological polar surface area (TPSA) is 41.5 Å². The van der Waals surface area contributed by atoms with Crippen LogP contribution in [0.2, 0.25) is 0 Å².